The number of fused-ring (bicyclic) bond motifs is 1. The van der Waals surface area contributed by atoms with Crippen molar-refractivity contribution in [3.8, 4) is 5.75 Å². The number of phenols is 1. The first kappa shape index (κ1) is 23.0. The molecule has 1 fully saturated rings. The summed E-state index contributed by atoms with van der Waals surface area (Å²) in [6.45, 7) is 2.77. The van der Waals surface area contributed by atoms with E-state index in [1.54, 1.807) is 30.2 Å². The number of benzene rings is 1. The zero-order valence-corrected chi connectivity index (χ0v) is 19.6. The fraction of sp³-hybridized carbons (Fsp3) is 0.318. The van der Waals surface area contributed by atoms with Gasteiger partial charge in [-0.2, -0.15) is 0 Å². The second kappa shape index (κ2) is 9.36. The predicted molar refractivity (Wildman–Crippen MR) is 127 cm³/mol. The molecular formula is C22H24N4O5S2. The van der Waals surface area contributed by atoms with Crippen molar-refractivity contribution in [2.45, 2.75) is 29.9 Å². The van der Waals surface area contributed by atoms with E-state index in [9.17, 15) is 23.1 Å². The first-order valence-electron chi connectivity index (χ1n) is 10.6. The zero-order valence-electron chi connectivity index (χ0n) is 17.9. The summed E-state index contributed by atoms with van der Waals surface area (Å²) in [5, 5.41) is 15.5. The Morgan fingerprint density at radius 1 is 1.21 bits per heavy atom. The molecule has 11 heteroatoms. The SMILES string of the molecule is CCNC(=O)Nc1sc2ncccc2c1C(=O)N1CCC(S(=O)(=O)c2cccc(O)c2)CC1. The van der Waals surface area contributed by atoms with Gasteiger partial charge in [-0.15, -0.1) is 0 Å². The lowest BCUT2D eigenvalue weighted by atomic mass is 10.1. The third-order valence-corrected chi connectivity index (χ3v) is 8.85. The topological polar surface area (TPSA) is 129 Å². The van der Waals surface area contributed by atoms with Crippen molar-refractivity contribution < 1.29 is 23.1 Å². The van der Waals surface area contributed by atoms with E-state index < -0.39 is 21.1 Å². The van der Waals surface area contributed by atoms with Gasteiger partial charge in [-0.1, -0.05) is 17.4 Å². The highest BCUT2D eigenvalue weighted by atomic mass is 32.2. The Morgan fingerprint density at radius 3 is 2.67 bits per heavy atom. The average molecular weight is 489 g/mol. The fourth-order valence-electron chi connectivity index (χ4n) is 3.92. The maximum Gasteiger partial charge on any atom is 0.319 e. The molecule has 174 valence electrons. The molecule has 3 amide bonds. The highest BCUT2D eigenvalue weighted by molar-refractivity contribution is 7.92. The van der Waals surface area contributed by atoms with Crippen LogP contribution in [0.1, 0.15) is 30.1 Å². The lowest BCUT2D eigenvalue weighted by molar-refractivity contribution is 0.0729. The number of nitrogens with one attached hydrogen (secondary N) is 2. The van der Waals surface area contributed by atoms with E-state index in [4.69, 9.17) is 0 Å². The maximum atomic E-state index is 13.5. The van der Waals surface area contributed by atoms with Crippen LogP contribution in [-0.2, 0) is 9.84 Å². The Balaban J connectivity index is 1.55. The minimum absolute atomic E-state index is 0.0793. The number of aromatic nitrogens is 1. The van der Waals surface area contributed by atoms with Gasteiger partial charge in [-0.05, 0) is 50.1 Å². The molecule has 0 aliphatic carbocycles. The van der Waals surface area contributed by atoms with Crippen molar-refractivity contribution in [2.24, 2.45) is 0 Å². The van der Waals surface area contributed by atoms with Crippen LogP contribution in [0.4, 0.5) is 9.80 Å². The first-order valence-corrected chi connectivity index (χ1v) is 12.9. The fourth-order valence-corrected chi connectivity index (χ4v) is 6.72. The van der Waals surface area contributed by atoms with Crippen molar-refractivity contribution in [3.63, 3.8) is 0 Å². The summed E-state index contributed by atoms with van der Waals surface area (Å²) in [6.07, 6.45) is 2.19. The minimum Gasteiger partial charge on any atom is -0.508 e. The number of aromatic hydroxyl groups is 1. The van der Waals surface area contributed by atoms with E-state index in [0.29, 0.717) is 27.3 Å². The number of carbonyl (C=O) groups excluding carboxylic acids is 2. The average Bonchev–Trinajstić information content (AvgIpc) is 3.16. The van der Waals surface area contributed by atoms with Crippen molar-refractivity contribution in [1.82, 2.24) is 15.2 Å². The van der Waals surface area contributed by atoms with Gasteiger partial charge in [0, 0.05) is 31.2 Å². The van der Waals surface area contributed by atoms with Gasteiger partial charge in [0.2, 0.25) is 0 Å². The summed E-state index contributed by atoms with van der Waals surface area (Å²) in [5.41, 5.74) is 0.364. The molecule has 33 heavy (non-hydrogen) atoms. The van der Waals surface area contributed by atoms with Crippen molar-refractivity contribution in [1.29, 1.82) is 0 Å². The normalized spacial score (nSPS) is 14.9. The maximum absolute atomic E-state index is 13.5. The molecule has 1 aliphatic heterocycles. The Bertz CT molecular complexity index is 1300. The number of thiophene rings is 1. The molecule has 3 N–H and O–H groups in total. The predicted octanol–water partition coefficient (Wildman–Crippen LogP) is 3.22. The molecular weight excluding hydrogens is 464 g/mol. The van der Waals surface area contributed by atoms with E-state index in [1.165, 1.54) is 35.6 Å². The molecule has 4 rings (SSSR count). The minimum atomic E-state index is -3.62. The van der Waals surface area contributed by atoms with Crippen LogP contribution in [0.5, 0.6) is 5.75 Å². The number of piperidine rings is 1. The van der Waals surface area contributed by atoms with Crippen LogP contribution < -0.4 is 10.6 Å². The van der Waals surface area contributed by atoms with Crippen LogP contribution in [0.25, 0.3) is 10.2 Å². The molecule has 3 heterocycles. The number of phenolic OH excluding ortho intramolecular Hbond substituents is 1. The molecule has 0 bridgehead atoms. The highest BCUT2D eigenvalue weighted by Crippen LogP contribution is 2.36. The Hall–Kier alpha value is -3.18. The number of hydrogen-bond acceptors (Lipinski definition) is 7. The van der Waals surface area contributed by atoms with E-state index in [2.05, 4.69) is 15.6 Å². The molecule has 2 aromatic heterocycles. The summed E-state index contributed by atoms with van der Waals surface area (Å²) in [4.78, 5) is 32.2. The highest BCUT2D eigenvalue weighted by Gasteiger charge is 2.34. The van der Waals surface area contributed by atoms with E-state index in [0.717, 1.165) is 0 Å². The van der Waals surface area contributed by atoms with Gasteiger partial charge in [0.25, 0.3) is 5.91 Å². The molecule has 9 nitrogen and oxygen atoms in total. The quantitative estimate of drug-likeness (QED) is 0.506. The van der Waals surface area contributed by atoms with Crippen LogP contribution in [0.3, 0.4) is 0 Å². The summed E-state index contributed by atoms with van der Waals surface area (Å²) in [7, 11) is -3.62. The van der Waals surface area contributed by atoms with Gasteiger partial charge in [-0.3, -0.25) is 10.1 Å². The standard InChI is InChI=1S/C22H24N4O5S2/c1-2-23-22(29)25-20-18(17-7-4-10-24-19(17)32-20)21(28)26-11-8-15(9-12-26)33(30,31)16-6-3-5-14(27)13-16/h3-7,10,13,15,27H,2,8-9,11-12H2,1H3,(H2,23,25,29). The monoisotopic (exact) mass is 488 g/mol. The molecule has 3 aromatic rings. The molecule has 0 radical (unpaired) electrons. The summed E-state index contributed by atoms with van der Waals surface area (Å²) >= 11 is 1.22. The van der Waals surface area contributed by atoms with Gasteiger partial charge in [0.1, 0.15) is 15.6 Å². The third-order valence-electron chi connectivity index (χ3n) is 5.56. The van der Waals surface area contributed by atoms with E-state index >= 15 is 0 Å². The number of pyridine rings is 1. The number of sulfone groups is 1. The first-order chi connectivity index (χ1) is 15.8. The van der Waals surface area contributed by atoms with Crippen molar-refractivity contribution in [3.05, 3.63) is 48.2 Å². The van der Waals surface area contributed by atoms with Crippen LogP contribution in [0, 0.1) is 0 Å². The Labute approximate surface area is 195 Å². The van der Waals surface area contributed by atoms with Gasteiger partial charge < -0.3 is 15.3 Å². The zero-order chi connectivity index (χ0) is 23.6. The number of urea groups is 1. The van der Waals surface area contributed by atoms with Crippen LogP contribution in [-0.4, -0.2) is 60.2 Å². The van der Waals surface area contributed by atoms with Crippen molar-refractivity contribution in [2.75, 3.05) is 25.0 Å². The molecule has 0 saturated carbocycles. The molecule has 0 atom stereocenters. The van der Waals surface area contributed by atoms with Crippen LogP contribution >= 0.6 is 11.3 Å². The van der Waals surface area contributed by atoms with Gasteiger partial charge in [0.15, 0.2) is 9.84 Å². The molecule has 0 unspecified atom stereocenters. The molecule has 1 aromatic carbocycles. The number of amides is 3. The number of anilines is 1. The molecule has 0 spiro atoms. The Kier molecular flexibility index (Phi) is 6.52. The number of likely N-dealkylation sites (tertiary alicyclic amines) is 1. The smallest absolute Gasteiger partial charge is 0.319 e. The Morgan fingerprint density at radius 2 is 1.97 bits per heavy atom. The van der Waals surface area contributed by atoms with Crippen LogP contribution in [0.2, 0.25) is 0 Å². The van der Waals surface area contributed by atoms with E-state index in [-0.39, 0.29) is 42.5 Å². The number of hydrogen-bond donors (Lipinski definition) is 3. The van der Waals surface area contributed by atoms with Gasteiger partial charge in [-0.25, -0.2) is 18.2 Å². The third kappa shape index (κ3) is 4.64. The lowest BCUT2D eigenvalue weighted by Crippen LogP contribution is -2.42. The summed E-state index contributed by atoms with van der Waals surface area (Å²) in [6, 6.07) is 8.75. The van der Waals surface area contributed by atoms with Gasteiger partial charge >= 0.3 is 6.03 Å². The number of rotatable bonds is 5. The second-order valence-corrected chi connectivity index (χ2v) is 10.9. The van der Waals surface area contributed by atoms with E-state index in [1.807, 2.05) is 0 Å². The number of carbonyl (C=O) groups is 2. The summed E-state index contributed by atoms with van der Waals surface area (Å²) in [5.74, 6) is -0.372. The lowest BCUT2D eigenvalue weighted by Gasteiger charge is -2.32. The molecule has 1 aliphatic rings. The van der Waals surface area contributed by atoms with Crippen molar-refractivity contribution >= 4 is 48.3 Å². The second-order valence-electron chi connectivity index (χ2n) is 7.68. The summed E-state index contributed by atoms with van der Waals surface area (Å²) < 4.78 is 26.0. The van der Waals surface area contributed by atoms with Gasteiger partial charge in [0.05, 0.1) is 15.7 Å². The largest absolute Gasteiger partial charge is 0.508 e. The van der Waals surface area contributed by atoms with Crippen LogP contribution in [0.15, 0.2) is 47.5 Å². The number of nitrogens with zero attached hydrogens (tertiary/aromatic N) is 2. The molecule has 1 saturated heterocycles.